The quantitative estimate of drug-likeness (QED) is 0.918. The highest BCUT2D eigenvalue weighted by molar-refractivity contribution is 5.82. The van der Waals surface area contributed by atoms with Crippen LogP contribution in [0.4, 0.5) is 4.39 Å². The van der Waals surface area contributed by atoms with Crippen LogP contribution in [0.2, 0.25) is 0 Å². The second-order valence-electron chi connectivity index (χ2n) is 5.31. The first kappa shape index (κ1) is 14.5. The molecule has 0 aliphatic carbocycles. The molecular weight excluding hydrogens is 261 g/mol. The monoisotopic (exact) mass is 279 g/mol. The summed E-state index contributed by atoms with van der Waals surface area (Å²) in [5.74, 6) is -1.27. The number of amides is 1. The van der Waals surface area contributed by atoms with Crippen molar-refractivity contribution in [3.8, 4) is 0 Å². The van der Waals surface area contributed by atoms with Crippen LogP contribution in [-0.2, 0) is 16.0 Å². The third-order valence-corrected chi connectivity index (χ3v) is 4.11. The number of benzene rings is 1. The summed E-state index contributed by atoms with van der Waals surface area (Å²) >= 11 is 0. The van der Waals surface area contributed by atoms with Gasteiger partial charge in [0.2, 0.25) is 5.91 Å². The fourth-order valence-corrected chi connectivity index (χ4v) is 2.59. The SMILES string of the molecule is CCC1(C(=O)O)CCN(C(=O)Cc2ccc(F)cc2)C1. The van der Waals surface area contributed by atoms with Gasteiger partial charge in [-0.2, -0.15) is 0 Å². The van der Waals surface area contributed by atoms with Crippen molar-refractivity contribution in [2.24, 2.45) is 5.41 Å². The van der Waals surface area contributed by atoms with Crippen molar-refractivity contribution in [2.45, 2.75) is 26.2 Å². The fourth-order valence-electron chi connectivity index (χ4n) is 2.59. The van der Waals surface area contributed by atoms with Gasteiger partial charge in [-0.25, -0.2) is 4.39 Å². The predicted octanol–water partition coefficient (Wildman–Crippen LogP) is 2.08. The summed E-state index contributed by atoms with van der Waals surface area (Å²) in [6, 6.07) is 5.79. The topological polar surface area (TPSA) is 57.6 Å². The second-order valence-corrected chi connectivity index (χ2v) is 5.31. The van der Waals surface area contributed by atoms with Crippen LogP contribution in [0.25, 0.3) is 0 Å². The zero-order chi connectivity index (χ0) is 14.8. The molecule has 0 saturated carbocycles. The highest BCUT2D eigenvalue weighted by Crippen LogP contribution is 2.34. The smallest absolute Gasteiger partial charge is 0.311 e. The zero-order valence-corrected chi connectivity index (χ0v) is 11.4. The molecule has 1 amide bonds. The van der Waals surface area contributed by atoms with Gasteiger partial charge in [0.05, 0.1) is 11.8 Å². The molecule has 2 rings (SSSR count). The molecule has 1 aromatic rings. The molecule has 1 N–H and O–H groups in total. The van der Waals surface area contributed by atoms with E-state index in [1.807, 2.05) is 6.92 Å². The number of carbonyl (C=O) groups is 2. The number of carboxylic acid groups (broad SMARTS) is 1. The average Bonchev–Trinajstić information content (AvgIpc) is 2.87. The molecule has 4 nitrogen and oxygen atoms in total. The molecule has 5 heteroatoms. The minimum absolute atomic E-state index is 0.104. The molecule has 1 fully saturated rings. The normalized spacial score (nSPS) is 22.0. The molecule has 0 spiro atoms. The Kier molecular flexibility index (Phi) is 4.06. The van der Waals surface area contributed by atoms with Gasteiger partial charge in [0.15, 0.2) is 0 Å². The molecular formula is C15H18FNO3. The van der Waals surface area contributed by atoms with E-state index in [9.17, 15) is 19.1 Å². The second kappa shape index (κ2) is 5.61. The number of nitrogens with zero attached hydrogens (tertiary/aromatic N) is 1. The van der Waals surface area contributed by atoms with Crippen molar-refractivity contribution in [2.75, 3.05) is 13.1 Å². The molecule has 0 bridgehead atoms. The Morgan fingerprint density at radius 1 is 1.35 bits per heavy atom. The number of hydrogen-bond donors (Lipinski definition) is 1. The fraction of sp³-hybridized carbons (Fsp3) is 0.467. The van der Waals surface area contributed by atoms with E-state index in [0.29, 0.717) is 19.4 Å². The minimum atomic E-state index is -0.836. The summed E-state index contributed by atoms with van der Waals surface area (Å²) in [6.45, 7) is 2.57. The molecule has 1 unspecified atom stereocenters. The molecule has 1 aliphatic rings. The number of aliphatic carboxylic acids is 1. The number of carboxylic acids is 1. The molecule has 1 aliphatic heterocycles. The van der Waals surface area contributed by atoms with Gasteiger partial charge in [-0.1, -0.05) is 19.1 Å². The lowest BCUT2D eigenvalue weighted by Crippen LogP contribution is -2.37. The lowest BCUT2D eigenvalue weighted by atomic mass is 9.84. The van der Waals surface area contributed by atoms with E-state index in [-0.39, 0.29) is 24.7 Å². The van der Waals surface area contributed by atoms with E-state index in [1.165, 1.54) is 12.1 Å². The lowest BCUT2D eigenvalue weighted by molar-refractivity contribution is -0.148. The van der Waals surface area contributed by atoms with E-state index in [2.05, 4.69) is 0 Å². The molecule has 1 saturated heterocycles. The van der Waals surface area contributed by atoms with Crippen molar-refractivity contribution in [1.29, 1.82) is 0 Å². The molecule has 1 atom stereocenters. The van der Waals surface area contributed by atoms with E-state index < -0.39 is 11.4 Å². The van der Waals surface area contributed by atoms with E-state index in [1.54, 1.807) is 17.0 Å². The number of likely N-dealkylation sites (tertiary alicyclic amines) is 1. The third-order valence-electron chi connectivity index (χ3n) is 4.11. The van der Waals surface area contributed by atoms with Gasteiger partial charge < -0.3 is 10.0 Å². The number of hydrogen-bond acceptors (Lipinski definition) is 2. The molecule has 1 aromatic carbocycles. The van der Waals surface area contributed by atoms with Crippen LogP contribution in [0.1, 0.15) is 25.3 Å². The Morgan fingerprint density at radius 2 is 2.00 bits per heavy atom. The van der Waals surface area contributed by atoms with E-state index in [4.69, 9.17) is 0 Å². The zero-order valence-electron chi connectivity index (χ0n) is 11.4. The lowest BCUT2D eigenvalue weighted by Gasteiger charge is -2.23. The van der Waals surface area contributed by atoms with Crippen LogP contribution in [0.15, 0.2) is 24.3 Å². The van der Waals surface area contributed by atoms with Crippen LogP contribution in [0.5, 0.6) is 0 Å². The van der Waals surface area contributed by atoms with Crippen molar-refractivity contribution in [1.82, 2.24) is 4.90 Å². The molecule has 0 radical (unpaired) electrons. The maximum Gasteiger partial charge on any atom is 0.311 e. The van der Waals surface area contributed by atoms with Crippen molar-refractivity contribution in [3.05, 3.63) is 35.6 Å². The Morgan fingerprint density at radius 3 is 2.50 bits per heavy atom. The Bertz CT molecular complexity index is 514. The number of rotatable bonds is 4. The van der Waals surface area contributed by atoms with Gasteiger partial charge in [-0.05, 0) is 30.5 Å². The maximum atomic E-state index is 12.8. The standard InChI is InChI=1S/C15H18FNO3/c1-2-15(14(19)20)7-8-17(10-15)13(18)9-11-3-5-12(16)6-4-11/h3-6H,2,7-10H2,1H3,(H,19,20). The number of carbonyl (C=O) groups excluding carboxylic acids is 1. The summed E-state index contributed by atoms with van der Waals surface area (Å²) in [4.78, 5) is 25.1. The summed E-state index contributed by atoms with van der Waals surface area (Å²) in [7, 11) is 0. The summed E-state index contributed by atoms with van der Waals surface area (Å²) in [6.07, 6.45) is 1.19. The van der Waals surface area contributed by atoms with Crippen molar-refractivity contribution < 1.29 is 19.1 Å². The van der Waals surface area contributed by atoms with E-state index >= 15 is 0 Å². The van der Waals surface area contributed by atoms with Gasteiger partial charge >= 0.3 is 5.97 Å². The molecule has 20 heavy (non-hydrogen) atoms. The van der Waals surface area contributed by atoms with Crippen LogP contribution < -0.4 is 0 Å². The van der Waals surface area contributed by atoms with Crippen molar-refractivity contribution >= 4 is 11.9 Å². The minimum Gasteiger partial charge on any atom is -0.481 e. The van der Waals surface area contributed by atoms with Crippen LogP contribution in [-0.4, -0.2) is 35.0 Å². The van der Waals surface area contributed by atoms with Gasteiger partial charge in [0.25, 0.3) is 0 Å². The highest BCUT2D eigenvalue weighted by Gasteiger charge is 2.44. The first-order chi connectivity index (χ1) is 9.47. The van der Waals surface area contributed by atoms with Crippen LogP contribution in [0, 0.1) is 11.2 Å². The number of halogens is 1. The first-order valence-corrected chi connectivity index (χ1v) is 6.72. The van der Waals surface area contributed by atoms with E-state index in [0.717, 1.165) is 5.56 Å². The highest BCUT2D eigenvalue weighted by atomic mass is 19.1. The predicted molar refractivity (Wildman–Crippen MR) is 71.7 cm³/mol. The molecule has 1 heterocycles. The molecule has 108 valence electrons. The maximum absolute atomic E-state index is 12.8. The van der Waals surface area contributed by atoms with Crippen LogP contribution in [0.3, 0.4) is 0 Å². The average molecular weight is 279 g/mol. The van der Waals surface area contributed by atoms with Gasteiger partial charge in [0.1, 0.15) is 5.82 Å². The van der Waals surface area contributed by atoms with Crippen molar-refractivity contribution in [3.63, 3.8) is 0 Å². The Hall–Kier alpha value is -1.91. The largest absolute Gasteiger partial charge is 0.481 e. The third kappa shape index (κ3) is 2.81. The van der Waals surface area contributed by atoms with Gasteiger partial charge in [0, 0.05) is 13.1 Å². The van der Waals surface area contributed by atoms with Crippen LogP contribution >= 0.6 is 0 Å². The Balaban J connectivity index is 2.01. The Labute approximate surface area is 117 Å². The summed E-state index contributed by atoms with van der Waals surface area (Å²) < 4.78 is 12.8. The summed E-state index contributed by atoms with van der Waals surface area (Å²) in [5, 5.41) is 9.30. The molecule has 0 aromatic heterocycles. The van der Waals surface area contributed by atoms with Gasteiger partial charge in [-0.15, -0.1) is 0 Å². The summed E-state index contributed by atoms with van der Waals surface area (Å²) in [5.41, 5.74) is -0.0703. The van der Waals surface area contributed by atoms with Gasteiger partial charge in [-0.3, -0.25) is 9.59 Å². The first-order valence-electron chi connectivity index (χ1n) is 6.72.